The van der Waals surface area contributed by atoms with E-state index >= 15 is 0 Å². The van der Waals surface area contributed by atoms with Gasteiger partial charge >= 0.3 is 0 Å². The third kappa shape index (κ3) is 5.00. The topological polar surface area (TPSA) is 29.5 Å². The summed E-state index contributed by atoms with van der Waals surface area (Å²) in [5, 5.41) is 9.20. The fraction of sp³-hybridized carbons (Fsp3) is 0.333. The number of aliphatic hydroxyl groups is 1. The molecular formula is C12H15BrO2. The predicted octanol–water partition coefficient (Wildman–Crippen LogP) is 2.90. The lowest BCUT2D eigenvalue weighted by atomic mass is 10.1. The molecule has 0 bridgehead atoms. The zero-order valence-electron chi connectivity index (χ0n) is 8.74. The molecule has 1 rings (SSSR count). The second-order valence-corrected chi connectivity index (χ2v) is 4.62. The Morgan fingerprint density at radius 2 is 2.07 bits per heavy atom. The van der Waals surface area contributed by atoms with Crippen molar-refractivity contribution in [2.75, 3.05) is 6.61 Å². The smallest absolute Gasteiger partial charge is 0.119 e. The highest BCUT2D eigenvalue weighted by molar-refractivity contribution is 9.11. The Balaban J connectivity index is 2.52. The van der Waals surface area contributed by atoms with Gasteiger partial charge in [-0.3, -0.25) is 0 Å². The van der Waals surface area contributed by atoms with Gasteiger partial charge in [-0.25, -0.2) is 0 Å². The highest BCUT2D eigenvalue weighted by atomic mass is 79.9. The van der Waals surface area contributed by atoms with E-state index in [-0.39, 0.29) is 6.10 Å². The van der Waals surface area contributed by atoms with E-state index in [1.165, 1.54) is 0 Å². The van der Waals surface area contributed by atoms with Crippen molar-refractivity contribution in [3.8, 4) is 5.75 Å². The van der Waals surface area contributed by atoms with E-state index in [1.54, 1.807) is 6.92 Å². The third-order valence-corrected chi connectivity index (χ3v) is 2.08. The zero-order chi connectivity index (χ0) is 11.3. The Morgan fingerprint density at radius 3 is 2.53 bits per heavy atom. The predicted molar refractivity (Wildman–Crippen MR) is 65.4 cm³/mol. The van der Waals surface area contributed by atoms with E-state index in [0.717, 1.165) is 15.8 Å². The van der Waals surface area contributed by atoms with Crippen molar-refractivity contribution in [2.45, 2.75) is 19.4 Å². The van der Waals surface area contributed by atoms with Crippen molar-refractivity contribution in [1.29, 1.82) is 0 Å². The summed E-state index contributed by atoms with van der Waals surface area (Å²) < 4.78 is 6.23. The van der Waals surface area contributed by atoms with Crippen LogP contribution < -0.4 is 4.74 Å². The van der Waals surface area contributed by atoms with Crippen molar-refractivity contribution >= 4 is 15.9 Å². The molecule has 1 atom stereocenters. The van der Waals surface area contributed by atoms with E-state index in [4.69, 9.17) is 4.74 Å². The molecule has 0 spiro atoms. The minimum atomic E-state index is -0.306. The number of ether oxygens (including phenoxy) is 1. The van der Waals surface area contributed by atoms with Crippen molar-refractivity contribution in [2.24, 2.45) is 0 Å². The van der Waals surface area contributed by atoms with Crippen LogP contribution >= 0.6 is 15.9 Å². The van der Waals surface area contributed by atoms with Gasteiger partial charge in [-0.05, 0) is 31.0 Å². The molecule has 0 aromatic heterocycles. The van der Waals surface area contributed by atoms with Gasteiger partial charge in [0.25, 0.3) is 0 Å². The lowest BCUT2D eigenvalue weighted by Crippen LogP contribution is -2.04. The summed E-state index contributed by atoms with van der Waals surface area (Å²) in [5.74, 6) is 0.810. The molecule has 0 aliphatic rings. The molecule has 0 saturated heterocycles. The zero-order valence-corrected chi connectivity index (χ0v) is 10.3. The highest BCUT2D eigenvalue weighted by Crippen LogP contribution is 2.15. The molecule has 2 nitrogen and oxygen atoms in total. The minimum Gasteiger partial charge on any atom is -0.488 e. The van der Waals surface area contributed by atoms with Crippen LogP contribution in [0.2, 0.25) is 0 Å². The van der Waals surface area contributed by atoms with Gasteiger partial charge in [-0.15, -0.1) is 0 Å². The summed E-state index contributed by atoms with van der Waals surface area (Å²) in [5.41, 5.74) is 1.11. The van der Waals surface area contributed by atoms with E-state index in [2.05, 4.69) is 22.5 Å². The van der Waals surface area contributed by atoms with Crippen LogP contribution in [0.15, 0.2) is 35.3 Å². The summed E-state index contributed by atoms with van der Waals surface area (Å²) in [7, 11) is 0. The molecule has 82 valence electrons. The van der Waals surface area contributed by atoms with Crippen molar-refractivity contribution < 1.29 is 9.84 Å². The fourth-order valence-electron chi connectivity index (χ4n) is 1.22. The fourth-order valence-corrected chi connectivity index (χ4v) is 1.34. The first-order valence-corrected chi connectivity index (χ1v) is 5.60. The Bertz CT molecular complexity index is 317. The highest BCUT2D eigenvalue weighted by Gasteiger charge is 1.99. The van der Waals surface area contributed by atoms with Gasteiger partial charge in [0.1, 0.15) is 12.4 Å². The molecule has 1 aromatic rings. The first-order chi connectivity index (χ1) is 7.08. The molecule has 15 heavy (non-hydrogen) atoms. The molecule has 0 heterocycles. The van der Waals surface area contributed by atoms with Crippen molar-refractivity contribution in [1.82, 2.24) is 0 Å². The molecule has 0 amide bonds. The second kappa shape index (κ2) is 5.93. The molecule has 0 radical (unpaired) electrons. The van der Waals surface area contributed by atoms with Gasteiger partial charge in [-0.2, -0.15) is 0 Å². The maximum Gasteiger partial charge on any atom is 0.119 e. The van der Waals surface area contributed by atoms with Crippen LogP contribution in [-0.2, 0) is 6.42 Å². The Morgan fingerprint density at radius 1 is 1.47 bits per heavy atom. The Kier molecular flexibility index (Phi) is 4.85. The molecule has 1 N–H and O–H groups in total. The molecule has 1 unspecified atom stereocenters. The van der Waals surface area contributed by atoms with Crippen molar-refractivity contribution in [3.63, 3.8) is 0 Å². The van der Waals surface area contributed by atoms with Gasteiger partial charge in [-0.1, -0.05) is 34.6 Å². The largest absolute Gasteiger partial charge is 0.488 e. The second-order valence-electron chi connectivity index (χ2n) is 3.50. The number of halogens is 1. The van der Waals surface area contributed by atoms with Crippen LogP contribution in [0.3, 0.4) is 0 Å². The monoisotopic (exact) mass is 270 g/mol. The van der Waals surface area contributed by atoms with Gasteiger partial charge < -0.3 is 9.84 Å². The Labute approximate surface area is 98.7 Å². The number of hydrogen-bond donors (Lipinski definition) is 1. The average Bonchev–Trinajstić information content (AvgIpc) is 2.16. The van der Waals surface area contributed by atoms with Crippen LogP contribution in [0.4, 0.5) is 0 Å². The summed E-state index contributed by atoms with van der Waals surface area (Å²) in [6.07, 6.45) is 0.366. The molecular weight excluding hydrogens is 256 g/mol. The molecule has 0 aliphatic heterocycles. The van der Waals surface area contributed by atoms with Gasteiger partial charge in [0.05, 0.1) is 6.10 Å². The van der Waals surface area contributed by atoms with Gasteiger partial charge in [0.2, 0.25) is 0 Å². The first kappa shape index (κ1) is 12.3. The summed E-state index contributed by atoms with van der Waals surface area (Å²) in [4.78, 5) is 0. The minimum absolute atomic E-state index is 0.306. The number of benzene rings is 1. The quantitative estimate of drug-likeness (QED) is 0.892. The number of rotatable bonds is 5. The van der Waals surface area contributed by atoms with E-state index in [9.17, 15) is 5.11 Å². The van der Waals surface area contributed by atoms with Crippen LogP contribution in [0.5, 0.6) is 5.75 Å². The molecule has 0 aliphatic carbocycles. The Hall–Kier alpha value is -0.800. The maximum absolute atomic E-state index is 9.20. The van der Waals surface area contributed by atoms with E-state index in [1.807, 2.05) is 24.3 Å². The third-order valence-electron chi connectivity index (χ3n) is 1.85. The van der Waals surface area contributed by atoms with Gasteiger partial charge in [0.15, 0.2) is 0 Å². The number of aliphatic hydroxyl groups excluding tert-OH is 1. The molecule has 0 fully saturated rings. The lowest BCUT2D eigenvalue weighted by molar-refractivity contribution is 0.195. The van der Waals surface area contributed by atoms with Crippen LogP contribution in [0.25, 0.3) is 0 Å². The normalized spacial score (nSPS) is 12.2. The molecule has 1 aromatic carbocycles. The summed E-state index contributed by atoms with van der Waals surface area (Å²) >= 11 is 3.23. The maximum atomic E-state index is 9.20. The standard InChI is InChI=1S/C12H15BrO2/c1-9(13)8-15-12-5-3-11(4-6-12)7-10(2)14/h3-6,10,14H,1,7-8H2,2H3. The molecule has 0 saturated carbocycles. The summed E-state index contributed by atoms with van der Waals surface area (Å²) in [6.45, 7) is 5.93. The van der Waals surface area contributed by atoms with E-state index in [0.29, 0.717) is 13.0 Å². The summed E-state index contributed by atoms with van der Waals surface area (Å²) in [6, 6.07) is 7.71. The first-order valence-electron chi connectivity index (χ1n) is 4.81. The van der Waals surface area contributed by atoms with Crippen LogP contribution in [0.1, 0.15) is 12.5 Å². The van der Waals surface area contributed by atoms with Gasteiger partial charge in [0, 0.05) is 4.48 Å². The van der Waals surface area contributed by atoms with Crippen LogP contribution in [0, 0.1) is 0 Å². The number of hydrogen-bond acceptors (Lipinski definition) is 2. The lowest BCUT2D eigenvalue weighted by Gasteiger charge is -2.07. The van der Waals surface area contributed by atoms with Crippen molar-refractivity contribution in [3.05, 3.63) is 40.9 Å². The SMILES string of the molecule is C=C(Br)COc1ccc(CC(C)O)cc1. The average molecular weight is 271 g/mol. The van der Waals surface area contributed by atoms with Crippen LogP contribution in [-0.4, -0.2) is 17.8 Å². The van der Waals surface area contributed by atoms with E-state index < -0.39 is 0 Å². The molecule has 3 heteroatoms.